The third-order valence-corrected chi connectivity index (χ3v) is 3.82. The molecule has 0 spiro atoms. The summed E-state index contributed by atoms with van der Waals surface area (Å²) < 4.78 is 13.9. The number of carbonyl (C=O) groups excluding carboxylic acids is 1. The molecule has 3 nitrogen and oxygen atoms in total. The molecule has 0 amide bonds. The molecule has 149 valence electrons. The van der Waals surface area contributed by atoms with Crippen molar-refractivity contribution in [1.82, 2.24) is 4.98 Å². The Balaban J connectivity index is 0.000000425. The van der Waals surface area contributed by atoms with Crippen LogP contribution < -0.4 is 0 Å². The van der Waals surface area contributed by atoms with Crippen LogP contribution in [-0.2, 0) is 24.9 Å². The van der Waals surface area contributed by atoms with E-state index in [1.807, 2.05) is 26.0 Å². The number of allylic oxidation sites excluding steroid dienone is 2. The van der Waals surface area contributed by atoms with E-state index in [2.05, 4.69) is 30.1 Å². The number of pyridine rings is 1. The maximum absolute atomic E-state index is 13.9. The first-order valence-corrected chi connectivity index (χ1v) is 8.62. The molecule has 1 aromatic heterocycles. The number of aliphatic hydroxyl groups excluding tert-OH is 1. The number of aromatic nitrogens is 1. The number of hydrogen-bond acceptors (Lipinski definition) is 3. The molecule has 1 heterocycles. The van der Waals surface area contributed by atoms with Gasteiger partial charge in [0.25, 0.3) is 0 Å². The van der Waals surface area contributed by atoms with Gasteiger partial charge in [-0.3, -0.25) is 9.78 Å². The standard InChI is InChI=1S/C18H15FN.C5H8O2.Ir/c1-11-7-12(2)9-14(8-11)17-10-13(3)18-15(19)5-4-6-16(18)20-17;1-4(6)3-5(2)7;/h4-8,10H,1-3H3;3,6H,1-2H3;/q-1;;/b;4-3-;. The van der Waals surface area contributed by atoms with Crippen LogP contribution in [0.2, 0.25) is 0 Å². The molecular weight excluding hydrogens is 533 g/mol. The van der Waals surface area contributed by atoms with Gasteiger partial charge in [-0.25, -0.2) is 4.39 Å². The Kier molecular flexibility index (Phi) is 8.67. The molecule has 0 unspecified atom stereocenters. The Labute approximate surface area is 178 Å². The predicted octanol–water partition coefficient (Wildman–Crippen LogP) is 5.80. The van der Waals surface area contributed by atoms with Crippen LogP contribution >= 0.6 is 0 Å². The monoisotopic (exact) mass is 557 g/mol. The molecule has 1 N–H and O–H groups in total. The Morgan fingerprint density at radius 3 is 2.36 bits per heavy atom. The molecule has 3 rings (SSSR count). The third-order valence-electron chi connectivity index (χ3n) is 3.82. The minimum Gasteiger partial charge on any atom is -0.512 e. The van der Waals surface area contributed by atoms with E-state index in [4.69, 9.17) is 5.11 Å². The van der Waals surface area contributed by atoms with E-state index < -0.39 is 0 Å². The number of carbonyl (C=O) groups is 1. The number of benzene rings is 2. The van der Waals surface area contributed by atoms with Crippen LogP contribution in [0.25, 0.3) is 22.2 Å². The van der Waals surface area contributed by atoms with Crippen molar-refractivity contribution in [2.45, 2.75) is 34.6 Å². The summed E-state index contributed by atoms with van der Waals surface area (Å²) in [5, 5.41) is 8.96. The Morgan fingerprint density at radius 2 is 1.82 bits per heavy atom. The third kappa shape index (κ3) is 6.36. The van der Waals surface area contributed by atoms with E-state index in [0.717, 1.165) is 22.4 Å². The molecule has 0 aliphatic rings. The topological polar surface area (TPSA) is 50.2 Å². The van der Waals surface area contributed by atoms with Crippen molar-refractivity contribution in [3.8, 4) is 11.3 Å². The van der Waals surface area contributed by atoms with Crippen molar-refractivity contribution in [2.24, 2.45) is 0 Å². The van der Waals surface area contributed by atoms with E-state index in [-0.39, 0.29) is 37.5 Å². The van der Waals surface area contributed by atoms with Gasteiger partial charge in [0.2, 0.25) is 0 Å². The van der Waals surface area contributed by atoms with Gasteiger partial charge in [-0.2, -0.15) is 0 Å². The zero-order valence-corrected chi connectivity index (χ0v) is 19.0. The first-order chi connectivity index (χ1) is 12.7. The van der Waals surface area contributed by atoms with Gasteiger partial charge in [0.05, 0.1) is 11.3 Å². The van der Waals surface area contributed by atoms with Crippen LogP contribution in [0.1, 0.15) is 30.5 Å². The number of fused-ring (bicyclic) bond motifs is 1. The van der Waals surface area contributed by atoms with E-state index in [9.17, 15) is 9.18 Å². The number of ketones is 1. The van der Waals surface area contributed by atoms with Crippen molar-refractivity contribution < 1.29 is 34.4 Å². The molecule has 0 fully saturated rings. The molecule has 5 heteroatoms. The zero-order chi connectivity index (χ0) is 20.1. The molecule has 0 aliphatic carbocycles. The van der Waals surface area contributed by atoms with Gasteiger partial charge in [-0.15, -0.1) is 34.9 Å². The van der Waals surface area contributed by atoms with Gasteiger partial charge in [0, 0.05) is 31.6 Å². The molecule has 0 atom stereocenters. The Morgan fingerprint density at radius 1 is 1.14 bits per heavy atom. The SMILES string of the molecule is CC(=O)/C=C(/C)O.Cc1[c-]c(-c2cc(C)c3c(F)cccc3n2)cc(C)c1.[Ir]. The zero-order valence-electron chi connectivity index (χ0n) is 16.6. The van der Waals surface area contributed by atoms with Gasteiger partial charge in [0.1, 0.15) is 5.82 Å². The van der Waals surface area contributed by atoms with Crippen molar-refractivity contribution in [3.63, 3.8) is 0 Å². The van der Waals surface area contributed by atoms with Crippen molar-refractivity contribution in [2.75, 3.05) is 0 Å². The Hall–Kier alpha value is -2.36. The van der Waals surface area contributed by atoms with Crippen molar-refractivity contribution >= 4 is 16.7 Å². The summed E-state index contributed by atoms with van der Waals surface area (Å²) in [5.74, 6) is -0.282. The maximum Gasteiger partial charge on any atom is 0.155 e. The average molecular weight is 557 g/mol. The molecule has 0 saturated heterocycles. The summed E-state index contributed by atoms with van der Waals surface area (Å²) in [4.78, 5) is 14.6. The summed E-state index contributed by atoms with van der Waals surface area (Å²) in [6.45, 7) is 8.84. The van der Waals surface area contributed by atoms with Crippen LogP contribution in [0.3, 0.4) is 0 Å². The second-order valence-corrected chi connectivity index (χ2v) is 6.61. The molecule has 2 aromatic carbocycles. The minimum atomic E-state index is -0.219. The first kappa shape index (κ1) is 23.7. The minimum absolute atomic E-state index is 0. The van der Waals surface area contributed by atoms with Gasteiger partial charge in [-0.05, 0) is 44.2 Å². The summed E-state index contributed by atoms with van der Waals surface area (Å²) in [6.07, 6.45) is 1.17. The molecule has 0 saturated carbocycles. The van der Waals surface area contributed by atoms with Gasteiger partial charge < -0.3 is 5.11 Å². The first-order valence-electron chi connectivity index (χ1n) is 8.62. The normalized spacial score (nSPS) is 10.7. The maximum atomic E-state index is 13.9. The summed E-state index contributed by atoms with van der Waals surface area (Å²) in [6, 6.07) is 14.4. The fraction of sp³-hybridized carbons (Fsp3) is 0.217. The summed E-state index contributed by atoms with van der Waals surface area (Å²) in [7, 11) is 0. The molecule has 1 radical (unpaired) electrons. The number of hydrogen-bond donors (Lipinski definition) is 1. The molecule has 0 aliphatic heterocycles. The van der Waals surface area contributed by atoms with Crippen molar-refractivity contribution in [1.29, 1.82) is 0 Å². The average Bonchev–Trinajstić information content (AvgIpc) is 2.53. The van der Waals surface area contributed by atoms with E-state index in [1.165, 1.54) is 31.6 Å². The fourth-order valence-corrected chi connectivity index (χ4v) is 2.90. The second kappa shape index (κ2) is 10.3. The van der Waals surface area contributed by atoms with Crippen LogP contribution in [-0.4, -0.2) is 15.9 Å². The fourth-order valence-electron chi connectivity index (χ4n) is 2.90. The largest absolute Gasteiger partial charge is 0.512 e. The van der Waals surface area contributed by atoms with Gasteiger partial charge in [-0.1, -0.05) is 26.0 Å². The summed E-state index contributed by atoms with van der Waals surface area (Å²) >= 11 is 0. The van der Waals surface area contributed by atoms with E-state index in [0.29, 0.717) is 10.9 Å². The molecular formula is C23H23FIrNO2-. The number of halogens is 1. The number of aliphatic hydroxyl groups is 1. The van der Waals surface area contributed by atoms with Gasteiger partial charge in [0.15, 0.2) is 5.78 Å². The quantitative estimate of drug-likeness (QED) is 0.247. The number of aryl methyl sites for hydroxylation is 3. The predicted molar refractivity (Wildman–Crippen MR) is 107 cm³/mol. The smallest absolute Gasteiger partial charge is 0.155 e. The molecule has 0 bridgehead atoms. The van der Waals surface area contributed by atoms with Gasteiger partial charge >= 0.3 is 0 Å². The van der Waals surface area contributed by atoms with Crippen LogP contribution in [0, 0.1) is 32.7 Å². The van der Waals surface area contributed by atoms with Crippen LogP contribution in [0.4, 0.5) is 4.39 Å². The van der Waals surface area contributed by atoms with Crippen LogP contribution in [0.15, 0.2) is 48.2 Å². The van der Waals surface area contributed by atoms with E-state index >= 15 is 0 Å². The number of rotatable bonds is 2. The second-order valence-electron chi connectivity index (χ2n) is 6.61. The Bertz CT molecular complexity index is 1000. The summed E-state index contributed by atoms with van der Waals surface area (Å²) in [5.41, 5.74) is 5.64. The van der Waals surface area contributed by atoms with Crippen molar-refractivity contribution in [3.05, 3.63) is 76.8 Å². The molecule has 3 aromatic rings. The number of nitrogens with zero attached hydrogens (tertiary/aromatic N) is 1. The van der Waals surface area contributed by atoms with E-state index in [1.54, 1.807) is 6.07 Å². The van der Waals surface area contributed by atoms with Crippen LogP contribution in [0.5, 0.6) is 0 Å². The molecule has 28 heavy (non-hydrogen) atoms.